The molecule has 154 valence electrons. The monoisotopic (exact) mass is 402 g/mol. The third kappa shape index (κ3) is 3.74. The first-order valence-corrected chi connectivity index (χ1v) is 10.8. The molecule has 2 aliphatic rings. The van der Waals surface area contributed by atoms with Gasteiger partial charge in [0.15, 0.2) is 5.82 Å². The highest BCUT2D eigenvalue weighted by Crippen LogP contribution is 2.50. The third-order valence-corrected chi connectivity index (χ3v) is 6.46. The topological polar surface area (TPSA) is 72.1 Å². The van der Waals surface area contributed by atoms with Gasteiger partial charge in [0.2, 0.25) is 5.91 Å². The highest BCUT2D eigenvalue weighted by molar-refractivity contribution is 5.91. The standard InChI is InChI=1S/C24H26N4O2/c29-23(24(12-13-24)20-6-2-1-3-7-20)28-16-4-5-18(17-28)8-9-21-26-22(30-27-21)19-10-14-25-15-11-19/h1-3,6-7,10-11,14-15,18H,4-5,8-9,12-13,16-17H2. The fourth-order valence-corrected chi connectivity index (χ4v) is 4.60. The van der Waals surface area contributed by atoms with Crippen LogP contribution in [0.4, 0.5) is 0 Å². The summed E-state index contributed by atoms with van der Waals surface area (Å²) in [5, 5.41) is 4.13. The molecule has 1 aliphatic heterocycles. The number of rotatable bonds is 6. The molecule has 1 unspecified atom stereocenters. The number of carbonyl (C=O) groups excluding carboxylic acids is 1. The van der Waals surface area contributed by atoms with Crippen molar-refractivity contribution in [1.29, 1.82) is 0 Å². The van der Waals surface area contributed by atoms with Crippen molar-refractivity contribution in [2.45, 2.75) is 43.9 Å². The van der Waals surface area contributed by atoms with E-state index in [1.165, 1.54) is 5.56 Å². The summed E-state index contributed by atoms with van der Waals surface area (Å²) in [7, 11) is 0. The molecule has 2 fully saturated rings. The van der Waals surface area contributed by atoms with E-state index in [-0.39, 0.29) is 5.41 Å². The smallest absolute Gasteiger partial charge is 0.258 e. The zero-order chi connectivity index (χ0) is 20.4. The Hall–Kier alpha value is -3.02. The van der Waals surface area contributed by atoms with Crippen LogP contribution >= 0.6 is 0 Å². The summed E-state index contributed by atoms with van der Waals surface area (Å²) < 4.78 is 5.40. The van der Waals surface area contributed by atoms with Crippen LogP contribution in [-0.4, -0.2) is 39.0 Å². The Balaban J connectivity index is 1.20. The van der Waals surface area contributed by atoms with E-state index >= 15 is 0 Å². The minimum absolute atomic E-state index is 0.268. The van der Waals surface area contributed by atoms with Crippen LogP contribution in [0.15, 0.2) is 59.4 Å². The molecule has 0 spiro atoms. The molecule has 1 saturated carbocycles. The first-order valence-electron chi connectivity index (χ1n) is 10.8. The van der Waals surface area contributed by atoms with E-state index in [9.17, 15) is 4.79 Å². The summed E-state index contributed by atoms with van der Waals surface area (Å²) in [5.74, 6) is 2.06. The van der Waals surface area contributed by atoms with Crippen molar-refractivity contribution < 1.29 is 9.32 Å². The summed E-state index contributed by atoms with van der Waals surface area (Å²) >= 11 is 0. The molecular formula is C24H26N4O2. The van der Waals surface area contributed by atoms with Crippen LogP contribution in [0.3, 0.4) is 0 Å². The minimum Gasteiger partial charge on any atom is -0.342 e. The van der Waals surface area contributed by atoms with Crippen molar-refractivity contribution in [3.8, 4) is 11.5 Å². The molecule has 1 atom stereocenters. The van der Waals surface area contributed by atoms with E-state index < -0.39 is 0 Å². The predicted octanol–water partition coefficient (Wildman–Crippen LogP) is 4.03. The average Bonchev–Trinajstić information content (AvgIpc) is 3.49. The molecule has 0 bridgehead atoms. The average molecular weight is 402 g/mol. The van der Waals surface area contributed by atoms with Crippen molar-refractivity contribution >= 4 is 5.91 Å². The molecule has 6 nitrogen and oxygen atoms in total. The number of hydrogen-bond acceptors (Lipinski definition) is 5. The number of benzene rings is 1. The maximum absolute atomic E-state index is 13.3. The molecule has 6 heteroatoms. The Kier molecular flexibility index (Phi) is 5.07. The lowest BCUT2D eigenvalue weighted by molar-refractivity contribution is -0.135. The van der Waals surface area contributed by atoms with E-state index in [1.54, 1.807) is 12.4 Å². The maximum atomic E-state index is 13.3. The molecule has 5 rings (SSSR count). The van der Waals surface area contributed by atoms with E-state index in [0.29, 0.717) is 17.7 Å². The molecule has 1 amide bonds. The Morgan fingerprint density at radius 1 is 1.13 bits per heavy atom. The van der Waals surface area contributed by atoms with Crippen LogP contribution < -0.4 is 0 Å². The predicted molar refractivity (Wildman–Crippen MR) is 113 cm³/mol. The largest absolute Gasteiger partial charge is 0.342 e. The summed E-state index contributed by atoms with van der Waals surface area (Å²) in [6.45, 7) is 1.71. The number of aryl methyl sites for hydroxylation is 1. The lowest BCUT2D eigenvalue weighted by Gasteiger charge is -2.35. The molecule has 1 aromatic carbocycles. The van der Waals surface area contributed by atoms with Crippen molar-refractivity contribution in [2.75, 3.05) is 13.1 Å². The van der Waals surface area contributed by atoms with Crippen LogP contribution in [0.5, 0.6) is 0 Å². The van der Waals surface area contributed by atoms with Crippen LogP contribution in [0.25, 0.3) is 11.5 Å². The second kappa shape index (κ2) is 8.01. The lowest BCUT2D eigenvalue weighted by Crippen LogP contribution is -2.45. The Bertz CT molecular complexity index is 998. The van der Waals surface area contributed by atoms with Gasteiger partial charge in [-0.25, -0.2) is 0 Å². The van der Waals surface area contributed by atoms with Crippen molar-refractivity contribution in [1.82, 2.24) is 20.0 Å². The van der Waals surface area contributed by atoms with E-state index in [1.807, 2.05) is 30.3 Å². The van der Waals surface area contributed by atoms with Gasteiger partial charge in [0, 0.05) is 37.5 Å². The highest BCUT2D eigenvalue weighted by atomic mass is 16.5. The van der Waals surface area contributed by atoms with Gasteiger partial charge in [-0.05, 0) is 55.7 Å². The van der Waals surface area contributed by atoms with Crippen LogP contribution in [0.2, 0.25) is 0 Å². The Morgan fingerprint density at radius 3 is 2.70 bits per heavy atom. The van der Waals surface area contributed by atoms with E-state index in [4.69, 9.17) is 4.52 Å². The lowest BCUT2D eigenvalue weighted by atomic mass is 9.89. The molecule has 0 N–H and O–H groups in total. The van der Waals surface area contributed by atoms with E-state index in [2.05, 4.69) is 32.2 Å². The van der Waals surface area contributed by atoms with Gasteiger partial charge in [-0.2, -0.15) is 4.98 Å². The fourth-order valence-electron chi connectivity index (χ4n) is 4.60. The zero-order valence-corrected chi connectivity index (χ0v) is 17.0. The SMILES string of the molecule is O=C(N1CCCC(CCc2noc(-c3ccncc3)n2)C1)C1(c2ccccc2)CC1. The molecule has 3 heterocycles. The third-order valence-electron chi connectivity index (χ3n) is 6.46. The normalized spacial score (nSPS) is 20.1. The fraction of sp³-hybridized carbons (Fsp3) is 0.417. The van der Waals surface area contributed by atoms with Gasteiger partial charge >= 0.3 is 0 Å². The summed E-state index contributed by atoms with van der Waals surface area (Å²) in [6, 6.07) is 14.0. The number of carbonyl (C=O) groups is 1. The van der Waals surface area contributed by atoms with Crippen LogP contribution in [0.1, 0.15) is 43.5 Å². The summed E-state index contributed by atoms with van der Waals surface area (Å²) in [6.07, 6.45) is 9.33. The van der Waals surface area contributed by atoms with Gasteiger partial charge in [0.05, 0.1) is 5.41 Å². The number of nitrogens with zero attached hydrogens (tertiary/aromatic N) is 4. The minimum atomic E-state index is -0.268. The van der Waals surface area contributed by atoms with Gasteiger partial charge in [0.1, 0.15) is 0 Å². The highest BCUT2D eigenvalue weighted by Gasteiger charge is 2.53. The molecule has 30 heavy (non-hydrogen) atoms. The molecular weight excluding hydrogens is 376 g/mol. The number of likely N-dealkylation sites (tertiary alicyclic amines) is 1. The number of aromatic nitrogens is 3. The molecule has 1 saturated heterocycles. The molecule has 2 aromatic heterocycles. The van der Waals surface area contributed by atoms with Crippen LogP contribution in [-0.2, 0) is 16.6 Å². The van der Waals surface area contributed by atoms with Gasteiger partial charge in [-0.3, -0.25) is 9.78 Å². The van der Waals surface area contributed by atoms with Crippen molar-refractivity contribution in [2.24, 2.45) is 5.92 Å². The van der Waals surface area contributed by atoms with Crippen molar-refractivity contribution in [3.63, 3.8) is 0 Å². The first kappa shape index (κ1) is 19.0. The van der Waals surface area contributed by atoms with Crippen molar-refractivity contribution in [3.05, 3.63) is 66.2 Å². The first-order chi connectivity index (χ1) is 14.7. The van der Waals surface area contributed by atoms with Gasteiger partial charge in [-0.15, -0.1) is 0 Å². The molecule has 0 radical (unpaired) electrons. The van der Waals surface area contributed by atoms with Gasteiger partial charge in [0.25, 0.3) is 5.89 Å². The number of piperidine rings is 1. The summed E-state index contributed by atoms with van der Waals surface area (Å²) in [4.78, 5) is 24.0. The second-order valence-electron chi connectivity index (χ2n) is 8.50. The maximum Gasteiger partial charge on any atom is 0.258 e. The Labute approximate surface area is 176 Å². The molecule has 3 aromatic rings. The summed E-state index contributed by atoms with van der Waals surface area (Å²) in [5.41, 5.74) is 1.79. The van der Waals surface area contributed by atoms with E-state index in [0.717, 1.165) is 63.0 Å². The number of pyridine rings is 1. The van der Waals surface area contributed by atoms with Gasteiger partial charge < -0.3 is 9.42 Å². The van der Waals surface area contributed by atoms with Crippen LogP contribution in [0, 0.1) is 5.92 Å². The second-order valence-corrected chi connectivity index (χ2v) is 8.50. The molecule has 1 aliphatic carbocycles. The number of amides is 1. The van der Waals surface area contributed by atoms with Gasteiger partial charge in [-0.1, -0.05) is 35.5 Å². The zero-order valence-electron chi connectivity index (χ0n) is 17.0. The Morgan fingerprint density at radius 2 is 1.93 bits per heavy atom. The quantitative estimate of drug-likeness (QED) is 0.622. The number of hydrogen-bond donors (Lipinski definition) is 0.